The lowest BCUT2D eigenvalue weighted by atomic mass is 10.1. The number of carbonyl (C=O) groups is 1. The summed E-state index contributed by atoms with van der Waals surface area (Å²) >= 11 is 1.55. The molecule has 0 aliphatic rings. The molecule has 3 nitrogen and oxygen atoms in total. The van der Waals surface area contributed by atoms with Crippen LogP contribution < -0.4 is 10.6 Å². The minimum atomic E-state index is 0.0388. The largest absolute Gasteiger partial charge is 0.352 e. The zero-order valence-electron chi connectivity index (χ0n) is 12.3. The van der Waals surface area contributed by atoms with Crippen LogP contribution in [0.4, 0.5) is 0 Å². The Morgan fingerprint density at radius 3 is 2.70 bits per heavy atom. The van der Waals surface area contributed by atoms with E-state index in [1.165, 1.54) is 5.56 Å². The number of carbonyl (C=O) groups excluding carboxylic acids is 1. The number of rotatable bonds is 9. The lowest BCUT2D eigenvalue weighted by molar-refractivity contribution is -0.118. The molecule has 0 radical (unpaired) electrons. The van der Waals surface area contributed by atoms with Crippen molar-refractivity contribution in [1.29, 1.82) is 0 Å². The molecule has 1 aromatic carbocycles. The van der Waals surface area contributed by atoms with Crippen LogP contribution >= 0.6 is 11.8 Å². The van der Waals surface area contributed by atoms with Crippen LogP contribution in [0.25, 0.3) is 0 Å². The zero-order valence-corrected chi connectivity index (χ0v) is 13.1. The Labute approximate surface area is 126 Å². The average molecular weight is 292 g/mol. The summed E-state index contributed by atoms with van der Waals surface area (Å²) in [5.74, 6) is 0.480. The van der Waals surface area contributed by atoms with Crippen LogP contribution in [-0.4, -0.2) is 24.7 Å². The van der Waals surface area contributed by atoms with E-state index in [2.05, 4.69) is 55.3 Å². The molecule has 110 valence electrons. The molecule has 1 unspecified atom stereocenters. The Balaban J connectivity index is 2.42. The monoisotopic (exact) mass is 292 g/mol. The molecular formula is C16H24N2OS. The Morgan fingerprint density at radius 1 is 1.40 bits per heavy atom. The molecule has 1 atom stereocenters. The van der Waals surface area contributed by atoms with E-state index < -0.39 is 0 Å². The second-order valence-corrected chi connectivity index (χ2v) is 5.68. The van der Waals surface area contributed by atoms with Crippen molar-refractivity contribution in [3.05, 3.63) is 42.5 Å². The molecule has 1 aromatic rings. The van der Waals surface area contributed by atoms with Gasteiger partial charge in [-0.2, -0.15) is 0 Å². The number of hydrogen-bond acceptors (Lipinski definition) is 3. The number of hydrogen-bond donors (Lipinski definition) is 2. The van der Waals surface area contributed by atoms with E-state index in [0.717, 1.165) is 17.9 Å². The highest BCUT2D eigenvalue weighted by Gasteiger charge is 2.05. The van der Waals surface area contributed by atoms with Crippen molar-refractivity contribution in [3.8, 4) is 0 Å². The number of amides is 1. The van der Waals surface area contributed by atoms with E-state index in [-0.39, 0.29) is 5.91 Å². The van der Waals surface area contributed by atoms with Crippen molar-refractivity contribution in [1.82, 2.24) is 10.6 Å². The smallest absolute Gasteiger partial charge is 0.230 e. The Kier molecular flexibility index (Phi) is 8.07. The lowest BCUT2D eigenvalue weighted by Crippen LogP contribution is -2.24. The van der Waals surface area contributed by atoms with Gasteiger partial charge in [-0.05, 0) is 37.6 Å². The molecule has 4 heteroatoms. The van der Waals surface area contributed by atoms with Crippen molar-refractivity contribution in [3.63, 3.8) is 0 Å². The van der Waals surface area contributed by atoms with Gasteiger partial charge < -0.3 is 10.6 Å². The molecule has 0 saturated carbocycles. The fourth-order valence-electron chi connectivity index (χ4n) is 1.72. The predicted molar refractivity (Wildman–Crippen MR) is 87.1 cm³/mol. The second-order valence-electron chi connectivity index (χ2n) is 4.63. The van der Waals surface area contributed by atoms with Gasteiger partial charge in [0.25, 0.3) is 0 Å². The molecule has 0 bridgehead atoms. The van der Waals surface area contributed by atoms with Crippen LogP contribution in [0.15, 0.2) is 41.8 Å². The van der Waals surface area contributed by atoms with Gasteiger partial charge in [0.05, 0.1) is 5.75 Å². The van der Waals surface area contributed by atoms with Gasteiger partial charge in [0.2, 0.25) is 5.91 Å². The van der Waals surface area contributed by atoms with Crippen LogP contribution in [0.5, 0.6) is 0 Å². The summed E-state index contributed by atoms with van der Waals surface area (Å²) in [4.78, 5) is 12.6. The summed E-state index contributed by atoms with van der Waals surface area (Å²) in [5, 5.41) is 6.23. The van der Waals surface area contributed by atoms with Crippen LogP contribution in [-0.2, 0) is 4.79 Å². The quantitative estimate of drug-likeness (QED) is 0.543. The van der Waals surface area contributed by atoms with Crippen LogP contribution in [0.2, 0.25) is 0 Å². The first kappa shape index (κ1) is 16.8. The van der Waals surface area contributed by atoms with Crippen molar-refractivity contribution in [2.45, 2.75) is 31.2 Å². The van der Waals surface area contributed by atoms with Gasteiger partial charge in [0.15, 0.2) is 0 Å². The average Bonchev–Trinajstić information content (AvgIpc) is 2.49. The maximum atomic E-state index is 11.5. The summed E-state index contributed by atoms with van der Waals surface area (Å²) in [7, 11) is 0. The minimum absolute atomic E-state index is 0.0388. The SMILES string of the molecule is C=CCNC(=O)CSc1ccc(C(C)NCCC)cc1. The molecule has 2 N–H and O–H groups in total. The van der Waals surface area contributed by atoms with Gasteiger partial charge in [-0.15, -0.1) is 18.3 Å². The Morgan fingerprint density at radius 2 is 2.10 bits per heavy atom. The van der Waals surface area contributed by atoms with Gasteiger partial charge in [-0.3, -0.25) is 4.79 Å². The fraction of sp³-hybridized carbons (Fsp3) is 0.438. The van der Waals surface area contributed by atoms with Gasteiger partial charge in [0, 0.05) is 17.5 Å². The molecule has 20 heavy (non-hydrogen) atoms. The highest BCUT2D eigenvalue weighted by Crippen LogP contribution is 2.20. The lowest BCUT2D eigenvalue weighted by Gasteiger charge is -2.14. The van der Waals surface area contributed by atoms with Gasteiger partial charge >= 0.3 is 0 Å². The standard InChI is InChI=1S/C16H24N2OS/c1-4-10-17-13(3)14-6-8-15(9-7-14)20-12-16(19)18-11-5-2/h5-9,13,17H,2,4,10-12H2,1,3H3,(H,18,19). The molecule has 0 fully saturated rings. The minimum Gasteiger partial charge on any atom is -0.352 e. The van der Waals surface area contributed by atoms with Crippen LogP contribution in [0.3, 0.4) is 0 Å². The van der Waals surface area contributed by atoms with E-state index in [4.69, 9.17) is 0 Å². The zero-order chi connectivity index (χ0) is 14.8. The number of nitrogens with one attached hydrogen (secondary N) is 2. The summed E-state index contributed by atoms with van der Waals surface area (Å²) in [6.07, 6.45) is 2.82. The molecule has 0 aromatic heterocycles. The molecular weight excluding hydrogens is 268 g/mol. The van der Waals surface area contributed by atoms with E-state index >= 15 is 0 Å². The maximum Gasteiger partial charge on any atom is 0.230 e. The molecule has 0 saturated heterocycles. The number of thioether (sulfide) groups is 1. The summed E-state index contributed by atoms with van der Waals surface area (Å²) in [6, 6.07) is 8.76. The second kappa shape index (κ2) is 9.61. The molecule has 1 amide bonds. The molecule has 0 heterocycles. The summed E-state index contributed by atoms with van der Waals surface area (Å²) < 4.78 is 0. The van der Waals surface area contributed by atoms with Crippen molar-refractivity contribution >= 4 is 17.7 Å². The fourth-order valence-corrected chi connectivity index (χ4v) is 2.45. The maximum absolute atomic E-state index is 11.5. The van der Waals surface area contributed by atoms with Crippen LogP contribution in [0, 0.1) is 0 Å². The molecule has 1 rings (SSSR count). The Bertz CT molecular complexity index is 417. The van der Waals surface area contributed by atoms with Gasteiger partial charge in [-0.25, -0.2) is 0 Å². The molecule has 0 aliphatic carbocycles. The third kappa shape index (κ3) is 6.26. The third-order valence-electron chi connectivity index (χ3n) is 2.89. The van der Waals surface area contributed by atoms with Crippen LogP contribution in [0.1, 0.15) is 31.9 Å². The first-order valence-corrected chi connectivity index (χ1v) is 7.99. The topological polar surface area (TPSA) is 41.1 Å². The van der Waals surface area contributed by atoms with Gasteiger partial charge in [-0.1, -0.05) is 25.1 Å². The van der Waals surface area contributed by atoms with E-state index in [9.17, 15) is 4.79 Å². The van der Waals surface area contributed by atoms with E-state index in [0.29, 0.717) is 18.3 Å². The normalized spacial score (nSPS) is 11.9. The highest BCUT2D eigenvalue weighted by atomic mass is 32.2. The summed E-state index contributed by atoms with van der Waals surface area (Å²) in [6.45, 7) is 9.46. The first-order valence-electron chi connectivity index (χ1n) is 7.01. The van der Waals surface area contributed by atoms with Crippen molar-refractivity contribution in [2.24, 2.45) is 0 Å². The number of benzene rings is 1. The summed E-state index contributed by atoms with van der Waals surface area (Å²) in [5.41, 5.74) is 1.28. The predicted octanol–water partition coefficient (Wildman–Crippen LogP) is 3.14. The third-order valence-corrected chi connectivity index (χ3v) is 3.91. The van der Waals surface area contributed by atoms with Crippen molar-refractivity contribution in [2.75, 3.05) is 18.8 Å². The van der Waals surface area contributed by atoms with E-state index in [1.807, 2.05) is 0 Å². The van der Waals surface area contributed by atoms with E-state index in [1.54, 1.807) is 17.8 Å². The molecule has 0 aliphatic heterocycles. The Hall–Kier alpha value is -1.26. The van der Waals surface area contributed by atoms with Crippen molar-refractivity contribution < 1.29 is 4.79 Å². The highest BCUT2D eigenvalue weighted by molar-refractivity contribution is 8.00. The molecule has 0 spiro atoms. The first-order chi connectivity index (χ1) is 9.67. The van der Waals surface area contributed by atoms with Gasteiger partial charge in [0.1, 0.15) is 0 Å².